The molecule has 0 saturated carbocycles. The minimum atomic E-state index is -4.16. The van der Waals surface area contributed by atoms with Crippen LogP contribution in [0.2, 0.25) is 10.0 Å². The SMILES string of the molecule is CCOC(=O)C(F)(F)C(C)(O)c1cccc(Cl)c1Cl. The molecule has 106 valence electrons. The average Bonchev–Trinajstić information content (AvgIpc) is 2.32. The Bertz CT molecular complexity index is 490. The first-order valence-corrected chi connectivity index (χ1v) is 6.13. The molecule has 0 aliphatic carbocycles. The van der Waals surface area contributed by atoms with Crippen molar-refractivity contribution in [3.63, 3.8) is 0 Å². The largest absolute Gasteiger partial charge is 0.461 e. The molecule has 0 amide bonds. The van der Waals surface area contributed by atoms with Crippen molar-refractivity contribution in [3.8, 4) is 0 Å². The Morgan fingerprint density at radius 3 is 2.53 bits per heavy atom. The topological polar surface area (TPSA) is 46.5 Å². The third kappa shape index (κ3) is 2.83. The van der Waals surface area contributed by atoms with Crippen molar-refractivity contribution in [2.24, 2.45) is 0 Å². The molecule has 1 aromatic rings. The molecule has 0 spiro atoms. The van der Waals surface area contributed by atoms with Gasteiger partial charge >= 0.3 is 11.9 Å². The fourth-order valence-corrected chi connectivity index (χ4v) is 1.95. The molecular weight excluding hydrogens is 301 g/mol. The molecule has 0 saturated heterocycles. The monoisotopic (exact) mass is 312 g/mol. The van der Waals surface area contributed by atoms with E-state index in [2.05, 4.69) is 4.74 Å². The van der Waals surface area contributed by atoms with E-state index in [9.17, 15) is 18.7 Å². The predicted octanol–water partition coefficient (Wildman–Crippen LogP) is 3.40. The number of hydrogen-bond acceptors (Lipinski definition) is 3. The molecule has 0 radical (unpaired) electrons. The summed E-state index contributed by atoms with van der Waals surface area (Å²) >= 11 is 11.5. The molecule has 1 atom stereocenters. The van der Waals surface area contributed by atoms with Crippen LogP contribution in [0.4, 0.5) is 8.78 Å². The van der Waals surface area contributed by atoms with Crippen LogP contribution in [-0.2, 0) is 15.1 Å². The first kappa shape index (κ1) is 16.1. The van der Waals surface area contributed by atoms with Crippen molar-refractivity contribution in [3.05, 3.63) is 33.8 Å². The van der Waals surface area contributed by atoms with Crippen molar-refractivity contribution in [2.45, 2.75) is 25.4 Å². The maximum Gasteiger partial charge on any atom is 0.380 e. The summed E-state index contributed by atoms with van der Waals surface area (Å²) in [6.07, 6.45) is 0. The van der Waals surface area contributed by atoms with Gasteiger partial charge in [-0.2, -0.15) is 8.78 Å². The fraction of sp³-hybridized carbons (Fsp3) is 0.417. The number of benzene rings is 1. The highest BCUT2D eigenvalue weighted by Gasteiger charge is 2.58. The molecule has 1 N–H and O–H groups in total. The van der Waals surface area contributed by atoms with Gasteiger partial charge in [-0.05, 0) is 19.9 Å². The highest BCUT2D eigenvalue weighted by molar-refractivity contribution is 6.42. The van der Waals surface area contributed by atoms with E-state index in [4.69, 9.17) is 23.2 Å². The quantitative estimate of drug-likeness (QED) is 0.867. The molecule has 1 aromatic carbocycles. The van der Waals surface area contributed by atoms with Gasteiger partial charge < -0.3 is 9.84 Å². The maximum absolute atomic E-state index is 14.0. The Morgan fingerprint density at radius 1 is 1.42 bits per heavy atom. The van der Waals surface area contributed by atoms with Crippen LogP contribution in [0.25, 0.3) is 0 Å². The van der Waals surface area contributed by atoms with Gasteiger partial charge in [0.05, 0.1) is 16.7 Å². The third-order valence-corrected chi connectivity index (χ3v) is 3.44. The zero-order chi connectivity index (χ0) is 14.8. The minimum Gasteiger partial charge on any atom is -0.461 e. The molecule has 7 heteroatoms. The Hall–Kier alpha value is -0.910. The lowest BCUT2D eigenvalue weighted by Gasteiger charge is -2.31. The van der Waals surface area contributed by atoms with Crippen LogP contribution in [0.3, 0.4) is 0 Å². The maximum atomic E-state index is 14.0. The van der Waals surface area contributed by atoms with Crippen molar-refractivity contribution in [2.75, 3.05) is 6.61 Å². The van der Waals surface area contributed by atoms with E-state index in [0.717, 1.165) is 6.92 Å². The van der Waals surface area contributed by atoms with Gasteiger partial charge in [0.1, 0.15) is 0 Å². The van der Waals surface area contributed by atoms with Crippen LogP contribution < -0.4 is 0 Å². The zero-order valence-electron chi connectivity index (χ0n) is 10.2. The zero-order valence-corrected chi connectivity index (χ0v) is 11.7. The van der Waals surface area contributed by atoms with Gasteiger partial charge in [0.2, 0.25) is 0 Å². The Kier molecular flexibility index (Phi) is 4.76. The summed E-state index contributed by atoms with van der Waals surface area (Å²) in [6.45, 7) is 1.93. The standard InChI is InChI=1S/C12H12Cl2F2O3/c1-3-19-10(17)12(15,16)11(2,18)7-5-4-6-8(13)9(7)14/h4-6,18H,3H2,1-2H3. The molecule has 0 heterocycles. The summed E-state index contributed by atoms with van der Waals surface area (Å²) in [7, 11) is 0. The van der Waals surface area contributed by atoms with Crippen molar-refractivity contribution in [1.29, 1.82) is 0 Å². The summed E-state index contributed by atoms with van der Waals surface area (Å²) < 4.78 is 32.2. The van der Waals surface area contributed by atoms with E-state index in [0.29, 0.717) is 0 Å². The second kappa shape index (κ2) is 5.61. The van der Waals surface area contributed by atoms with Gasteiger partial charge in [0.15, 0.2) is 5.60 Å². The number of rotatable bonds is 4. The lowest BCUT2D eigenvalue weighted by molar-refractivity contribution is -0.212. The van der Waals surface area contributed by atoms with Crippen LogP contribution >= 0.6 is 23.2 Å². The van der Waals surface area contributed by atoms with Crippen molar-refractivity contribution < 1.29 is 23.4 Å². The van der Waals surface area contributed by atoms with Crippen molar-refractivity contribution in [1.82, 2.24) is 0 Å². The van der Waals surface area contributed by atoms with E-state index in [1.807, 2.05) is 0 Å². The highest BCUT2D eigenvalue weighted by Crippen LogP contribution is 2.42. The number of hydrogen-bond donors (Lipinski definition) is 1. The number of alkyl halides is 2. The Morgan fingerprint density at radius 2 is 2.00 bits per heavy atom. The number of aliphatic hydroxyl groups is 1. The number of carbonyl (C=O) groups is 1. The van der Waals surface area contributed by atoms with E-state index in [1.165, 1.54) is 25.1 Å². The van der Waals surface area contributed by atoms with Crippen LogP contribution in [0.1, 0.15) is 19.4 Å². The average molecular weight is 313 g/mol. The van der Waals surface area contributed by atoms with E-state index < -0.39 is 17.5 Å². The second-order valence-corrected chi connectivity index (χ2v) is 4.75. The van der Waals surface area contributed by atoms with Crippen LogP contribution in [0.15, 0.2) is 18.2 Å². The normalized spacial score (nSPS) is 14.9. The van der Waals surface area contributed by atoms with Crippen LogP contribution in [-0.4, -0.2) is 23.6 Å². The summed E-state index contributed by atoms with van der Waals surface area (Å²) in [5.74, 6) is -5.98. The number of halogens is 4. The number of carbonyl (C=O) groups excluding carboxylic acids is 1. The third-order valence-electron chi connectivity index (χ3n) is 2.62. The van der Waals surface area contributed by atoms with Gasteiger partial charge in [-0.25, -0.2) is 4.79 Å². The molecule has 1 unspecified atom stereocenters. The van der Waals surface area contributed by atoms with Gasteiger partial charge in [0.25, 0.3) is 0 Å². The van der Waals surface area contributed by atoms with Gasteiger partial charge in [-0.3, -0.25) is 0 Å². The van der Waals surface area contributed by atoms with Gasteiger partial charge in [-0.15, -0.1) is 0 Å². The molecule has 3 nitrogen and oxygen atoms in total. The van der Waals surface area contributed by atoms with E-state index in [1.54, 1.807) is 0 Å². The fourth-order valence-electron chi connectivity index (χ4n) is 1.47. The minimum absolute atomic E-state index is 0.000833. The van der Waals surface area contributed by atoms with Crippen molar-refractivity contribution >= 4 is 29.2 Å². The predicted molar refractivity (Wildman–Crippen MR) is 67.6 cm³/mol. The molecule has 0 bridgehead atoms. The Balaban J connectivity index is 3.29. The first-order valence-electron chi connectivity index (χ1n) is 5.38. The molecule has 0 fully saturated rings. The lowest BCUT2D eigenvalue weighted by Crippen LogP contribution is -2.50. The molecular formula is C12H12Cl2F2O3. The smallest absolute Gasteiger partial charge is 0.380 e. The highest BCUT2D eigenvalue weighted by atomic mass is 35.5. The molecule has 0 aliphatic rings. The van der Waals surface area contributed by atoms with E-state index in [-0.39, 0.29) is 22.2 Å². The molecule has 19 heavy (non-hydrogen) atoms. The number of ether oxygens (including phenoxy) is 1. The molecule has 0 aromatic heterocycles. The first-order chi connectivity index (χ1) is 8.66. The second-order valence-electron chi connectivity index (χ2n) is 3.97. The summed E-state index contributed by atoms with van der Waals surface area (Å²) in [4.78, 5) is 11.3. The van der Waals surface area contributed by atoms with Crippen LogP contribution in [0.5, 0.6) is 0 Å². The summed E-state index contributed by atoms with van der Waals surface area (Å²) in [5.41, 5.74) is -3.18. The number of esters is 1. The lowest BCUT2D eigenvalue weighted by atomic mass is 9.89. The summed E-state index contributed by atoms with van der Waals surface area (Å²) in [6, 6.07) is 3.90. The molecule has 1 rings (SSSR count). The van der Waals surface area contributed by atoms with Crippen LogP contribution in [0, 0.1) is 0 Å². The van der Waals surface area contributed by atoms with Gasteiger partial charge in [0, 0.05) is 5.56 Å². The van der Waals surface area contributed by atoms with Gasteiger partial charge in [-0.1, -0.05) is 35.3 Å². The van der Waals surface area contributed by atoms with E-state index >= 15 is 0 Å². The summed E-state index contributed by atoms with van der Waals surface area (Å²) in [5, 5.41) is 9.78. The molecule has 0 aliphatic heterocycles. The Labute approximate surface area is 119 Å².